The molecular formula is C22H16FN3O4S. The molecule has 7 nitrogen and oxygen atoms in total. The number of nitrogens with zero attached hydrogens (tertiary/aromatic N) is 2. The number of imide groups is 1. The highest BCUT2D eigenvalue weighted by Gasteiger charge is 2.36. The van der Waals surface area contributed by atoms with Crippen LogP contribution in [0.1, 0.15) is 5.69 Å². The van der Waals surface area contributed by atoms with Crippen LogP contribution in [0.25, 0.3) is 11.8 Å². The first-order chi connectivity index (χ1) is 14.9. The second-order valence-corrected chi connectivity index (χ2v) is 7.64. The molecule has 0 radical (unpaired) electrons. The van der Waals surface area contributed by atoms with Gasteiger partial charge < -0.3 is 15.0 Å². The number of halogens is 1. The van der Waals surface area contributed by atoms with Gasteiger partial charge in [-0.25, -0.2) is 4.39 Å². The van der Waals surface area contributed by atoms with Gasteiger partial charge in [0.2, 0.25) is 5.91 Å². The summed E-state index contributed by atoms with van der Waals surface area (Å²) in [5, 5.41) is 11.4. The predicted molar refractivity (Wildman–Crippen MR) is 115 cm³/mol. The molecule has 2 N–H and O–H groups in total. The van der Waals surface area contributed by atoms with Gasteiger partial charge in [-0.3, -0.25) is 19.3 Å². The lowest BCUT2D eigenvalue weighted by Gasteiger charge is -2.12. The average molecular weight is 437 g/mol. The summed E-state index contributed by atoms with van der Waals surface area (Å²) >= 11 is 0.742. The van der Waals surface area contributed by atoms with E-state index in [1.807, 2.05) is 0 Å². The number of phenolic OH excluding ortho intramolecular Hbond substituents is 1. The summed E-state index contributed by atoms with van der Waals surface area (Å²) in [6, 6.07) is 15.4. The van der Waals surface area contributed by atoms with Crippen molar-refractivity contribution in [2.45, 2.75) is 0 Å². The van der Waals surface area contributed by atoms with Crippen molar-refractivity contribution in [3.8, 4) is 11.4 Å². The van der Waals surface area contributed by atoms with Crippen molar-refractivity contribution in [3.63, 3.8) is 0 Å². The number of thioether (sulfide) groups is 1. The summed E-state index contributed by atoms with van der Waals surface area (Å²) in [5.74, 6) is -1.57. The van der Waals surface area contributed by atoms with Crippen LogP contribution in [0.5, 0.6) is 5.75 Å². The molecule has 1 aliphatic heterocycles. The van der Waals surface area contributed by atoms with Crippen molar-refractivity contribution in [1.82, 2.24) is 9.47 Å². The van der Waals surface area contributed by atoms with E-state index in [9.17, 15) is 23.9 Å². The van der Waals surface area contributed by atoms with Gasteiger partial charge in [0.25, 0.3) is 11.1 Å². The molecule has 1 aromatic heterocycles. The Morgan fingerprint density at radius 2 is 1.87 bits per heavy atom. The summed E-state index contributed by atoms with van der Waals surface area (Å²) in [5.41, 5.74) is 1.65. The number of benzene rings is 2. The molecule has 0 bridgehead atoms. The number of anilines is 1. The zero-order valence-electron chi connectivity index (χ0n) is 16.0. The van der Waals surface area contributed by atoms with Crippen molar-refractivity contribution >= 4 is 40.6 Å². The highest BCUT2D eigenvalue weighted by molar-refractivity contribution is 8.18. The molecule has 9 heteroatoms. The van der Waals surface area contributed by atoms with Gasteiger partial charge in [-0.1, -0.05) is 6.07 Å². The molecule has 3 aromatic rings. The third kappa shape index (κ3) is 4.51. The monoisotopic (exact) mass is 437 g/mol. The average Bonchev–Trinajstić information content (AvgIpc) is 3.29. The fourth-order valence-corrected chi connectivity index (χ4v) is 3.86. The van der Waals surface area contributed by atoms with Crippen LogP contribution in [0.4, 0.5) is 14.9 Å². The van der Waals surface area contributed by atoms with Crippen LogP contribution >= 0.6 is 11.8 Å². The number of carbonyl (C=O) groups is 3. The van der Waals surface area contributed by atoms with E-state index in [1.54, 1.807) is 53.2 Å². The highest BCUT2D eigenvalue weighted by atomic mass is 32.2. The number of carbonyl (C=O) groups excluding carboxylic acids is 3. The second-order valence-electron chi connectivity index (χ2n) is 6.65. The molecule has 3 amide bonds. The minimum atomic E-state index is -0.610. The minimum Gasteiger partial charge on any atom is -0.508 e. The maximum absolute atomic E-state index is 13.3. The fraction of sp³-hybridized carbons (Fsp3) is 0.0455. The minimum absolute atomic E-state index is 0.134. The highest BCUT2D eigenvalue weighted by Crippen LogP contribution is 2.32. The molecule has 31 heavy (non-hydrogen) atoms. The zero-order chi connectivity index (χ0) is 22.0. The first-order valence-electron chi connectivity index (χ1n) is 9.18. The van der Waals surface area contributed by atoms with Crippen molar-refractivity contribution < 1.29 is 23.9 Å². The van der Waals surface area contributed by atoms with Crippen LogP contribution in [-0.2, 0) is 9.59 Å². The van der Waals surface area contributed by atoms with Gasteiger partial charge in [-0.05, 0) is 72.4 Å². The third-order valence-electron chi connectivity index (χ3n) is 4.47. The smallest absolute Gasteiger partial charge is 0.294 e. The van der Waals surface area contributed by atoms with Crippen LogP contribution < -0.4 is 5.32 Å². The molecule has 0 aliphatic carbocycles. The lowest BCUT2D eigenvalue weighted by molar-refractivity contribution is -0.127. The Bertz CT molecular complexity index is 1200. The number of amides is 3. The summed E-state index contributed by atoms with van der Waals surface area (Å²) in [4.78, 5) is 38.3. The van der Waals surface area contributed by atoms with Crippen molar-refractivity contribution in [3.05, 3.63) is 83.3 Å². The molecule has 0 unspecified atom stereocenters. The van der Waals surface area contributed by atoms with Gasteiger partial charge in [0.1, 0.15) is 18.1 Å². The number of nitrogens with one attached hydrogen (secondary N) is 1. The Kier molecular flexibility index (Phi) is 5.59. The quantitative estimate of drug-likeness (QED) is 0.589. The maximum Gasteiger partial charge on any atom is 0.294 e. The largest absolute Gasteiger partial charge is 0.508 e. The zero-order valence-corrected chi connectivity index (χ0v) is 16.8. The Balaban J connectivity index is 1.50. The third-order valence-corrected chi connectivity index (χ3v) is 5.38. The Labute approximate surface area is 180 Å². The summed E-state index contributed by atoms with van der Waals surface area (Å²) in [7, 11) is 0. The fourth-order valence-electron chi connectivity index (χ4n) is 3.04. The molecule has 0 saturated carbocycles. The number of rotatable bonds is 5. The molecule has 1 fully saturated rings. The summed E-state index contributed by atoms with van der Waals surface area (Å²) < 4.78 is 15.1. The lowest BCUT2D eigenvalue weighted by Crippen LogP contribution is -2.36. The van der Waals surface area contributed by atoms with Gasteiger partial charge in [0.15, 0.2) is 0 Å². The van der Waals surface area contributed by atoms with Crippen molar-refractivity contribution in [2.75, 3.05) is 11.9 Å². The molecule has 0 spiro atoms. The molecule has 1 saturated heterocycles. The predicted octanol–water partition coefficient (Wildman–Crippen LogP) is 4.00. The van der Waals surface area contributed by atoms with Crippen LogP contribution in [0.3, 0.4) is 0 Å². The Hall–Kier alpha value is -3.85. The van der Waals surface area contributed by atoms with Crippen LogP contribution in [0.2, 0.25) is 0 Å². The van der Waals surface area contributed by atoms with E-state index in [0.717, 1.165) is 28.4 Å². The second kappa shape index (κ2) is 8.49. The Morgan fingerprint density at radius 3 is 2.61 bits per heavy atom. The van der Waals surface area contributed by atoms with Gasteiger partial charge in [0, 0.05) is 23.3 Å². The van der Waals surface area contributed by atoms with Gasteiger partial charge in [0.05, 0.1) is 4.91 Å². The van der Waals surface area contributed by atoms with Crippen molar-refractivity contribution in [2.24, 2.45) is 0 Å². The van der Waals surface area contributed by atoms with Crippen molar-refractivity contribution in [1.29, 1.82) is 0 Å². The van der Waals surface area contributed by atoms with Crippen LogP contribution in [-0.4, -0.2) is 38.2 Å². The molecule has 156 valence electrons. The maximum atomic E-state index is 13.3. The van der Waals surface area contributed by atoms with E-state index in [2.05, 4.69) is 5.32 Å². The SMILES string of the molecule is O=C(CN1C(=O)S/C(=C/c2cccn2-c2ccc(O)cc2)C1=O)Nc1cccc(F)c1. The number of hydrogen-bond donors (Lipinski definition) is 2. The van der Waals surface area contributed by atoms with E-state index < -0.39 is 29.4 Å². The molecular weight excluding hydrogens is 421 g/mol. The van der Waals surface area contributed by atoms with Gasteiger partial charge in [-0.15, -0.1) is 0 Å². The van der Waals surface area contributed by atoms with E-state index in [4.69, 9.17) is 0 Å². The van der Waals surface area contributed by atoms with Crippen LogP contribution in [0, 0.1) is 5.82 Å². The number of hydrogen-bond acceptors (Lipinski definition) is 5. The van der Waals surface area contributed by atoms with Crippen LogP contribution in [0.15, 0.2) is 71.8 Å². The number of aromatic hydroxyl groups is 1. The number of phenols is 1. The molecule has 4 rings (SSSR count). The first-order valence-corrected chi connectivity index (χ1v) is 10.00. The van der Waals surface area contributed by atoms with E-state index in [0.29, 0.717) is 5.69 Å². The molecule has 1 aliphatic rings. The summed E-state index contributed by atoms with van der Waals surface area (Å²) in [6.45, 7) is -0.475. The van der Waals surface area contributed by atoms with E-state index >= 15 is 0 Å². The Morgan fingerprint density at radius 1 is 1.10 bits per heavy atom. The molecule has 0 atom stereocenters. The molecule has 2 heterocycles. The number of aromatic nitrogens is 1. The van der Waals surface area contributed by atoms with Gasteiger partial charge >= 0.3 is 0 Å². The van der Waals surface area contributed by atoms with E-state index in [1.165, 1.54) is 18.2 Å². The van der Waals surface area contributed by atoms with Gasteiger partial charge in [-0.2, -0.15) is 0 Å². The van der Waals surface area contributed by atoms with E-state index in [-0.39, 0.29) is 16.3 Å². The standard InChI is InChI=1S/C22H16FN3O4S/c23-14-3-1-4-15(11-14)24-20(28)13-26-21(29)19(31-22(26)30)12-17-5-2-10-25(17)16-6-8-18(27)9-7-16/h1-12,27H,13H2,(H,24,28)/b19-12+. The normalized spacial score (nSPS) is 15.0. The summed E-state index contributed by atoms with van der Waals surface area (Å²) in [6.07, 6.45) is 3.36. The lowest BCUT2D eigenvalue weighted by atomic mass is 10.3. The first kappa shape index (κ1) is 20.4. The molecule has 2 aromatic carbocycles. The topological polar surface area (TPSA) is 91.6 Å².